The van der Waals surface area contributed by atoms with Crippen LogP contribution in [0.2, 0.25) is 0 Å². The summed E-state index contributed by atoms with van der Waals surface area (Å²) in [7, 11) is 0. The Bertz CT molecular complexity index is 808. The van der Waals surface area contributed by atoms with Crippen LogP contribution in [-0.2, 0) is 4.74 Å². The molecule has 0 saturated carbocycles. The SMILES string of the molecule is CCOc1ccc(OCCOC(=O)c2c[nH]c3ccccc23)cc1. The number of carbonyl (C=O) groups is 1. The molecule has 0 atom stereocenters. The Morgan fingerprint density at radius 2 is 1.67 bits per heavy atom. The maximum Gasteiger partial charge on any atom is 0.340 e. The summed E-state index contributed by atoms with van der Waals surface area (Å²) < 4.78 is 16.2. The molecule has 1 N–H and O–H groups in total. The van der Waals surface area contributed by atoms with Gasteiger partial charge in [0.2, 0.25) is 0 Å². The van der Waals surface area contributed by atoms with E-state index in [9.17, 15) is 4.79 Å². The number of hydrogen-bond donors (Lipinski definition) is 1. The molecule has 0 saturated heterocycles. The molecule has 0 radical (unpaired) electrons. The van der Waals surface area contributed by atoms with Crippen molar-refractivity contribution in [3.63, 3.8) is 0 Å². The molecule has 2 aromatic carbocycles. The van der Waals surface area contributed by atoms with Gasteiger partial charge in [0.25, 0.3) is 0 Å². The normalized spacial score (nSPS) is 10.5. The molecular weight excluding hydrogens is 306 g/mol. The summed E-state index contributed by atoms with van der Waals surface area (Å²) in [5, 5.41) is 0.856. The van der Waals surface area contributed by atoms with E-state index < -0.39 is 0 Å². The Hall–Kier alpha value is -2.95. The fraction of sp³-hybridized carbons (Fsp3) is 0.211. The third-order valence-electron chi connectivity index (χ3n) is 3.53. The lowest BCUT2D eigenvalue weighted by molar-refractivity contribution is 0.0453. The number of esters is 1. The summed E-state index contributed by atoms with van der Waals surface area (Å²) >= 11 is 0. The number of para-hydroxylation sites is 1. The standard InChI is InChI=1S/C19H19NO4/c1-2-22-14-7-9-15(10-8-14)23-11-12-24-19(21)17-13-20-18-6-4-3-5-16(17)18/h3-10,13,20H,2,11-12H2,1H3. The summed E-state index contributed by atoms with van der Waals surface area (Å²) in [5.74, 6) is 1.15. The second kappa shape index (κ2) is 7.55. The van der Waals surface area contributed by atoms with Gasteiger partial charge in [-0.15, -0.1) is 0 Å². The van der Waals surface area contributed by atoms with E-state index in [1.54, 1.807) is 6.20 Å². The average Bonchev–Trinajstić information content (AvgIpc) is 3.04. The summed E-state index contributed by atoms with van der Waals surface area (Å²) in [5.41, 5.74) is 1.45. The molecule has 1 aromatic heterocycles. The molecular formula is C19H19NO4. The Labute approximate surface area is 140 Å². The smallest absolute Gasteiger partial charge is 0.340 e. The van der Waals surface area contributed by atoms with E-state index in [1.807, 2.05) is 55.5 Å². The number of H-pyrrole nitrogens is 1. The van der Waals surface area contributed by atoms with Crippen molar-refractivity contribution in [2.75, 3.05) is 19.8 Å². The van der Waals surface area contributed by atoms with Gasteiger partial charge in [0.05, 0.1) is 12.2 Å². The van der Waals surface area contributed by atoms with E-state index in [1.165, 1.54) is 0 Å². The van der Waals surface area contributed by atoms with Gasteiger partial charge in [-0.2, -0.15) is 0 Å². The zero-order valence-corrected chi connectivity index (χ0v) is 13.5. The number of hydrogen-bond acceptors (Lipinski definition) is 4. The van der Waals surface area contributed by atoms with Gasteiger partial charge in [-0.1, -0.05) is 18.2 Å². The minimum absolute atomic E-state index is 0.186. The highest BCUT2D eigenvalue weighted by atomic mass is 16.6. The van der Waals surface area contributed by atoms with Crippen LogP contribution in [0.5, 0.6) is 11.5 Å². The second-order valence-electron chi connectivity index (χ2n) is 5.14. The van der Waals surface area contributed by atoms with Gasteiger partial charge in [0.15, 0.2) is 0 Å². The van der Waals surface area contributed by atoms with E-state index in [4.69, 9.17) is 14.2 Å². The number of carbonyl (C=O) groups excluding carboxylic acids is 1. The number of aromatic amines is 1. The molecule has 5 nitrogen and oxygen atoms in total. The third kappa shape index (κ3) is 3.68. The predicted octanol–water partition coefficient (Wildman–Crippen LogP) is 3.80. The third-order valence-corrected chi connectivity index (χ3v) is 3.53. The highest BCUT2D eigenvalue weighted by molar-refractivity contribution is 6.03. The van der Waals surface area contributed by atoms with Crippen LogP contribution in [0.1, 0.15) is 17.3 Å². The zero-order valence-electron chi connectivity index (χ0n) is 13.5. The minimum atomic E-state index is -0.359. The molecule has 3 rings (SSSR count). The largest absolute Gasteiger partial charge is 0.494 e. The maximum atomic E-state index is 12.1. The summed E-state index contributed by atoms with van der Waals surface area (Å²) in [6, 6.07) is 15.0. The van der Waals surface area contributed by atoms with Crippen LogP contribution in [0.4, 0.5) is 0 Å². The van der Waals surface area contributed by atoms with E-state index in [-0.39, 0.29) is 12.6 Å². The highest BCUT2D eigenvalue weighted by Crippen LogP contribution is 2.19. The average molecular weight is 325 g/mol. The van der Waals surface area contributed by atoms with Crippen LogP contribution in [0.3, 0.4) is 0 Å². The number of aromatic nitrogens is 1. The Balaban J connectivity index is 1.48. The molecule has 0 fully saturated rings. The molecule has 0 aliphatic rings. The van der Waals surface area contributed by atoms with Gasteiger partial charge in [-0.05, 0) is 37.3 Å². The quantitative estimate of drug-likeness (QED) is 0.530. The Morgan fingerprint density at radius 3 is 2.42 bits per heavy atom. The zero-order chi connectivity index (χ0) is 16.8. The molecule has 0 aliphatic heterocycles. The lowest BCUT2D eigenvalue weighted by Crippen LogP contribution is -2.12. The first-order chi connectivity index (χ1) is 11.8. The van der Waals surface area contributed by atoms with Gasteiger partial charge in [0, 0.05) is 17.1 Å². The lowest BCUT2D eigenvalue weighted by Gasteiger charge is -2.08. The number of rotatable bonds is 7. The minimum Gasteiger partial charge on any atom is -0.494 e. The number of ether oxygens (including phenoxy) is 3. The van der Waals surface area contributed by atoms with Gasteiger partial charge in [-0.3, -0.25) is 0 Å². The van der Waals surface area contributed by atoms with Crippen molar-refractivity contribution in [2.45, 2.75) is 6.92 Å². The van der Waals surface area contributed by atoms with Gasteiger partial charge in [0.1, 0.15) is 24.7 Å². The molecule has 5 heteroatoms. The summed E-state index contributed by atoms with van der Waals surface area (Å²) in [6.07, 6.45) is 1.67. The molecule has 0 spiro atoms. The van der Waals surface area contributed by atoms with Crippen molar-refractivity contribution in [1.82, 2.24) is 4.98 Å². The van der Waals surface area contributed by atoms with Crippen molar-refractivity contribution in [3.8, 4) is 11.5 Å². The Kier molecular flexibility index (Phi) is 5.01. The first kappa shape index (κ1) is 15.9. The van der Waals surface area contributed by atoms with Crippen molar-refractivity contribution < 1.29 is 19.0 Å². The fourth-order valence-electron chi connectivity index (χ4n) is 2.41. The van der Waals surface area contributed by atoms with Crippen LogP contribution in [0.15, 0.2) is 54.7 Å². The lowest BCUT2D eigenvalue weighted by atomic mass is 10.2. The maximum absolute atomic E-state index is 12.1. The van der Waals surface area contributed by atoms with E-state index in [0.717, 1.165) is 16.7 Å². The number of benzene rings is 2. The predicted molar refractivity (Wildman–Crippen MR) is 91.7 cm³/mol. The van der Waals surface area contributed by atoms with E-state index in [0.29, 0.717) is 24.5 Å². The number of fused-ring (bicyclic) bond motifs is 1. The molecule has 1 heterocycles. The highest BCUT2D eigenvalue weighted by Gasteiger charge is 2.12. The van der Waals surface area contributed by atoms with Crippen LogP contribution in [0.25, 0.3) is 10.9 Å². The molecule has 0 amide bonds. The van der Waals surface area contributed by atoms with Crippen molar-refractivity contribution in [1.29, 1.82) is 0 Å². The topological polar surface area (TPSA) is 60.6 Å². The molecule has 0 unspecified atom stereocenters. The van der Waals surface area contributed by atoms with Crippen LogP contribution in [0, 0.1) is 0 Å². The first-order valence-electron chi connectivity index (χ1n) is 7.87. The molecule has 0 bridgehead atoms. The summed E-state index contributed by atoms with van der Waals surface area (Å²) in [4.78, 5) is 15.2. The van der Waals surface area contributed by atoms with E-state index in [2.05, 4.69) is 4.98 Å². The fourth-order valence-corrected chi connectivity index (χ4v) is 2.41. The van der Waals surface area contributed by atoms with Gasteiger partial charge >= 0.3 is 5.97 Å². The monoisotopic (exact) mass is 325 g/mol. The summed E-state index contributed by atoms with van der Waals surface area (Å²) in [6.45, 7) is 3.05. The second-order valence-corrected chi connectivity index (χ2v) is 5.14. The van der Waals surface area contributed by atoms with E-state index >= 15 is 0 Å². The number of nitrogens with one attached hydrogen (secondary N) is 1. The van der Waals surface area contributed by atoms with Gasteiger partial charge < -0.3 is 19.2 Å². The van der Waals surface area contributed by atoms with Crippen molar-refractivity contribution in [2.24, 2.45) is 0 Å². The van der Waals surface area contributed by atoms with Crippen LogP contribution < -0.4 is 9.47 Å². The van der Waals surface area contributed by atoms with Gasteiger partial charge in [-0.25, -0.2) is 4.79 Å². The molecule has 124 valence electrons. The molecule has 0 aliphatic carbocycles. The molecule has 3 aromatic rings. The molecule has 24 heavy (non-hydrogen) atoms. The van der Waals surface area contributed by atoms with Crippen LogP contribution in [-0.4, -0.2) is 30.8 Å². The van der Waals surface area contributed by atoms with Crippen molar-refractivity contribution >= 4 is 16.9 Å². The van der Waals surface area contributed by atoms with Crippen LogP contribution >= 0.6 is 0 Å². The van der Waals surface area contributed by atoms with Crippen molar-refractivity contribution in [3.05, 3.63) is 60.3 Å². The first-order valence-corrected chi connectivity index (χ1v) is 7.87. The Morgan fingerprint density at radius 1 is 0.958 bits per heavy atom.